The number of carbonyl (C=O) groups is 1. The first-order valence-electron chi connectivity index (χ1n) is 4.37. The summed E-state index contributed by atoms with van der Waals surface area (Å²) in [5.74, 6) is -0.256. The van der Waals surface area contributed by atoms with E-state index >= 15 is 0 Å². The third-order valence-corrected chi connectivity index (χ3v) is 2.37. The van der Waals surface area contributed by atoms with Crippen LogP contribution in [0, 0.1) is 5.82 Å². The van der Waals surface area contributed by atoms with Gasteiger partial charge in [0.2, 0.25) is 0 Å². The molecule has 0 saturated heterocycles. The third-order valence-electron chi connectivity index (χ3n) is 2.37. The van der Waals surface area contributed by atoms with Crippen molar-refractivity contribution in [1.82, 2.24) is 0 Å². The molecule has 1 aromatic carbocycles. The minimum atomic E-state index is -0.436. The molecule has 0 bridgehead atoms. The van der Waals surface area contributed by atoms with Gasteiger partial charge < -0.3 is 4.74 Å². The summed E-state index contributed by atoms with van der Waals surface area (Å²) in [5, 5.41) is 0. The summed E-state index contributed by atoms with van der Waals surface area (Å²) in [7, 11) is 1.32. The van der Waals surface area contributed by atoms with Crippen molar-refractivity contribution in [3.05, 3.63) is 29.6 Å². The van der Waals surface area contributed by atoms with E-state index in [4.69, 9.17) is 0 Å². The molecule has 74 valence electrons. The molecular formula is C10H10FNO2. The number of halogens is 1. The molecule has 0 fully saturated rings. The van der Waals surface area contributed by atoms with Gasteiger partial charge in [-0.3, -0.25) is 4.90 Å². The van der Waals surface area contributed by atoms with E-state index in [2.05, 4.69) is 4.74 Å². The van der Waals surface area contributed by atoms with Crippen molar-refractivity contribution in [2.45, 2.75) is 6.42 Å². The average molecular weight is 195 g/mol. The van der Waals surface area contributed by atoms with Crippen molar-refractivity contribution < 1.29 is 13.9 Å². The number of anilines is 1. The first-order chi connectivity index (χ1) is 6.74. The van der Waals surface area contributed by atoms with Crippen LogP contribution in [0.2, 0.25) is 0 Å². The number of benzene rings is 1. The number of carbonyl (C=O) groups excluding carboxylic acids is 1. The van der Waals surface area contributed by atoms with E-state index in [1.54, 1.807) is 12.1 Å². The SMILES string of the molecule is COC(=O)N1CCc2c(F)cccc21. The molecule has 0 aliphatic carbocycles. The molecule has 0 saturated carbocycles. The third kappa shape index (κ3) is 1.23. The van der Waals surface area contributed by atoms with Crippen molar-refractivity contribution in [3.8, 4) is 0 Å². The van der Waals surface area contributed by atoms with Gasteiger partial charge in [0, 0.05) is 12.1 Å². The summed E-state index contributed by atoms with van der Waals surface area (Å²) in [6.45, 7) is 0.489. The molecule has 0 aromatic heterocycles. The standard InChI is InChI=1S/C10H10FNO2/c1-14-10(13)12-6-5-7-8(11)3-2-4-9(7)12/h2-4H,5-6H2,1H3. The van der Waals surface area contributed by atoms with Crippen molar-refractivity contribution in [2.75, 3.05) is 18.6 Å². The predicted molar refractivity (Wildman–Crippen MR) is 49.9 cm³/mol. The fourth-order valence-corrected chi connectivity index (χ4v) is 1.69. The maximum atomic E-state index is 13.3. The van der Waals surface area contributed by atoms with Gasteiger partial charge in [0.15, 0.2) is 0 Å². The van der Waals surface area contributed by atoms with Crippen molar-refractivity contribution in [1.29, 1.82) is 0 Å². The van der Waals surface area contributed by atoms with E-state index in [0.717, 1.165) is 0 Å². The molecule has 0 N–H and O–H groups in total. The zero-order chi connectivity index (χ0) is 10.1. The second-order valence-electron chi connectivity index (χ2n) is 3.11. The lowest BCUT2D eigenvalue weighted by atomic mass is 10.1. The number of nitrogens with zero attached hydrogens (tertiary/aromatic N) is 1. The Bertz CT molecular complexity index is 378. The Labute approximate surface area is 81.1 Å². The number of amides is 1. The average Bonchev–Trinajstić information content (AvgIpc) is 2.62. The van der Waals surface area contributed by atoms with Crippen LogP contribution < -0.4 is 4.90 Å². The Morgan fingerprint density at radius 1 is 1.57 bits per heavy atom. The van der Waals surface area contributed by atoms with Gasteiger partial charge in [0.25, 0.3) is 0 Å². The number of fused-ring (bicyclic) bond motifs is 1. The molecule has 0 radical (unpaired) electrons. The number of ether oxygens (including phenoxy) is 1. The quantitative estimate of drug-likeness (QED) is 0.633. The molecule has 0 unspecified atom stereocenters. The van der Waals surface area contributed by atoms with E-state index in [-0.39, 0.29) is 5.82 Å². The molecule has 3 nitrogen and oxygen atoms in total. The highest BCUT2D eigenvalue weighted by atomic mass is 19.1. The lowest BCUT2D eigenvalue weighted by Gasteiger charge is -2.14. The van der Waals surface area contributed by atoms with Crippen LogP contribution in [-0.4, -0.2) is 19.7 Å². The summed E-state index contributed by atoms with van der Waals surface area (Å²) in [6, 6.07) is 4.72. The van der Waals surface area contributed by atoms with Crippen LogP contribution in [0.4, 0.5) is 14.9 Å². The van der Waals surface area contributed by atoms with Crippen LogP contribution in [-0.2, 0) is 11.2 Å². The normalized spacial score (nSPS) is 14.0. The van der Waals surface area contributed by atoms with Crippen LogP contribution in [0.25, 0.3) is 0 Å². The Balaban J connectivity index is 2.40. The molecule has 2 rings (SSSR count). The van der Waals surface area contributed by atoms with Crippen LogP contribution in [0.5, 0.6) is 0 Å². The molecule has 1 aliphatic heterocycles. The molecule has 1 heterocycles. The summed E-state index contributed by atoms with van der Waals surface area (Å²) >= 11 is 0. The number of hydrogen-bond donors (Lipinski definition) is 0. The Hall–Kier alpha value is -1.58. The smallest absolute Gasteiger partial charge is 0.414 e. The van der Waals surface area contributed by atoms with Gasteiger partial charge in [-0.2, -0.15) is 0 Å². The topological polar surface area (TPSA) is 29.5 Å². The molecule has 0 spiro atoms. The lowest BCUT2D eigenvalue weighted by Crippen LogP contribution is -2.28. The second-order valence-corrected chi connectivity index (χ2v) is 3.11. The fraction of sp³-hybridized carbons (Fsp3) is 0.300. The highest BCUT2D eigenvalue weighted by molar-refractivity contribution is 5.90. The van der Waals surface area contributed by atoms with E-state index in [9.17, 15) is 9.18 Å². The Morgan fingerprint density at radius 3 is 3.07 bits per heavy atom. The van der Waals surface area contributed by atoms with Crippen molar-refractivity contribution >= 4 is 11.8 Å². The first-order valence-corrected chi connectivity index (χ1v) is 4.37. The van der Waals surface area contributed by atoms with Gasteiger partial charge >= 0.3 is 6.09 Å². The molecule has 1 aromatic rings. The van der Waals surface area contributed by atoms with E-state index in [0.29, 0.717) is 24.2 Å². The van der Waals surface area contributed by atoms with Gasteiger partial charge in [-0.05, 0) is 18.6 Å². The zero-order valence-electron chi connectivity index (χ0n) is 7.79. The second kappa shape index (κ2) is 3.29. The van der Waals surface area contributed by atoms with Gasteiger partial charge in [-0.1, -0.05) is 6.07 Å². The molecule has 14 heavy (non-hydrogen) atoms. The minimum Gasteiger partial charge on any atom is -0.452 e. The maximum absolute atomic E-state index is 13.3. The van der Waals surface area contributed by atoms with Crippen molar-refractivity contribution in [2.24, 2.45) is 0 Å². The predicted octanol–water partition coefficient (Wildman–Crippen LogP) is 1.95. The van der Waals surface area contributed by atoms with E-state index in [1.807, 2.05) is 0 Å². The largest absolute Gasteiger partial charge is 0.452 e. The molecule has 1 aliphatic rings. The number of rotatable bonds is 0. The maximum Gasteiger partial charge on any atom is 0.414 e. The van der Waals surface area contributed by atoms with Gasteiger partial charge in [0.05, 0.1) is 12.8 Å². The Morgan fingerprint density at radius 2 is 2.36 bits per heavy atom. The molecule has 4 heteroatoms. The highest BCUT2D eigenvalue weighted by Gasteiger charge is 2.26. The zero-order valence-corrected chi connectivity index (χ0v) is 7.79. The van der Waals surface area contributed by atoms with Crippen molar-refractivity contribution in [3.63, 3.8) is 0 Å². The first kappa shape index (κ1) is 8.99. The minimum absolute atomic E-state index is 0.256. The van der Waals surface area contributed by atoms with Gasteiger partial charge in [0.1, 0.15) is 5.82 Å². The van der Waals surface area contributed by atoms with Crippen LogP contribution in [0.15, 0.2) is 18.2 Å². The molecule has 0 atom stereocenters. The van der Waals surface area contributed by atoms with Gasteiger partial charge in [-0.15, -0.1) is 0 Å². The summed E-state index contributed by atoms with van der Waals surface area (Å²) in [6.07, 6.45) is 0.117. The highest BCUT2D eigenvalue weighted by Crippen LogP contribution is 2.29. The number of hydrogen-bond acceptors (Lipinski definition) is 2. The van der Waals surface area contributed by atoms with E-state index < -0.39 is 6.09 Å². The summed E-state index contributed by atoms with van der Waals surface area (Å²) in [4.78, 5) is 12.7. The lowest BCUT2D eigenvalue weighted by molar-refractivity contribution is 0.179. The summed E-state index contributed by atoms with van der Waals surface area (Å²) in [5.41, 5.74) is 1.22. The Kier molecular flexibility index (Phi) is 2.11. The number of methoxy groups -OCH3 is 1. The van der Waals surface area contributed by atoms with Crippen LogP contribution in [0.3, 0.4) is 0 Å². The summed E-state index contributed by atoms with van der Waals surface area (Å²) < 4.78 is 17.8. The van der Waals surface area contributed by atoms with Gasteiger partial charge in [-0.25, -0.2) is 9.18 Å². The van der Waals surface area contributed by atoms with E-state index in [1.165, 1.54) is 18.1 Å². The van der Waals surface area contributed by atoms with Crippen LogP contribution in [0.1, 0.15) is 5.56 Å². The molecule has 1 amide bonds. The monoisotopic (exact) mass is 195 g/mol. The fourth-order valence-electron chi connectivity index (χ4n) is 1.69. The molecular weight excluding hydrogens is 185 g/mol. The van der Waals surface area contributed by atoms with Crippen LogP contribution >= 0.6 is 0 Å².